The van der Waals surface area contributed by atoms with Crippen molar-refractivity contribution in [3.63, 3.8) is 0 Å². The fraction of sp³-hybridized carbons (Fsp3) is 0.200. The first-order valence-electron chi connectivity index (χ1n) is 10.3. The van der Waals surface area contributed by atoms with E-state index in [0.717, 1.165) is 22.4 Å². The summed E-state index contributed by atoms with van der Waals surface area (Å²) in [6.07, 6.45) is 1.96. The van der Waals surface area contributed by atoms with E-state index in [2.05, 4.69) is 47.9 Å². The van der Waals surface area contributed by atoms with Gasteiger partial charge in [0.25, 0.3) is 0 Å². The summed E-state index contributed by atoms with van der Waals surface area (Å²) in [4.78, 5) is 0. The number of phenolic OH excluding ortho intramolecular Hbond substituents is 1. The summed E-state index contributed by atoms with van der Waals surface area (Å²) in [6.45, 7) is 4.45. The van der Waals surface area contributed by atoms with Crippen LogP contribution in [0.3, 0.4) is 0 Å². The molecule has 31 heavy (non-hydrogen) atoms. The van der Waals surface area contributed by atoms with Crippen molar-refractivity contribution in [1.82, 2.24) is 5.32 Å². The van der Waals surface area contributed by atoms with Gasteiger partial charge < -0.3 is 20.5 Å². The van der Waals surface area contributed by atoms with Crippen molar-refractivity contribution in [2.24, 2.45) is 0 Å². The highest BCUT2D eigenvalue weighted by Crippen LogP contribution is 2.36. The van der Waals surface area contributed by atoms with Gasteiger partial charge >= 0.3 is 0 Å². The maximum Gasteiger partial charge on any atom is 0.188 e. The molecule has 4 rings (SSSR count). The second-order valence-corrected chi connectivity index (χ2v) is 8.42. The molecule has 4 nitrogen and oxygen atoms in total. The molecule has 1 heterocycles. The molecule has 3 aromatic carbocycles. The lowest BCUT2D eigenvalue weighted by atomic mass is 9.97. The van der Waals surface area contributed by atoms with Gasteiger partial charge in [-0.15, -0.1) is 0 Å². The van der Waals surface area contributed by atoms with E-state index in [1.165, 1.54) is 5.56 Å². The van der Waals surface area contributed by atoms with Crippen LogP contribution in [0.5, 0.6) is 11.5 Å². The molecule has 3 aromatic rings. The van der Waals surface area contributed by atoms with E-state index in [4.69, 9.17) is 27.9 Å². The van der Waals surface area contributed by atoms with Gasteiger partial charge in [0.1, 0.15) is 6.04 Å². The van der Waals surface area contributed by atoms with E-state index in [9.17, 15) is 5.11 Å². The Bertz CT molecular complexity index is 1110. The smallest absolute Gasteiger partial charge is 0.188 e. The molecule has 0 saturated carbocycles. The zero-order chi connectivity index (χ0) is 22.0. The van der Waals surface area contributed by atoms with Gasteiger partial charge in [0, 0.05) is 22.4 Å². The van der Waals surface area contributed by atoms with Crippen LogP contribution in [0, 0.1) is 6.92 Å². The quantitative estimate of drug-likeness (QED) is 0.485. The summed E-state index contributed by atoms with van der Waals surface area (Å²) in [5, 5.41) is 17.8. The van der Waals surface area contributed by atoms with E-state index in [-0.39, 0.29) is 18.0 Å². The Kier molecular flexibility index (Phi) is 6.42. The maximum absolute atomic E-state index is 10.9. The molecule has 2 unspecified atom stereocenters. The van der Waals surface area contributed by atoms with Crippen LogP contribution in [-0.4, -0.2) is 11.7 Å². The standard InChI is InChI=1S/C25H24Cl2N2O2/c1-3-31-23-6-4-5-19(24(23)30)22-14-21(16-9-7-15(2)8-10-16)28-25(29-22)18-12-11-17(26)13-20(18)27/h4-14,22,25,28-30H,3H2,1-2H3/p+1. The lowest BCUT2D eigenvalue weighted by molar-refractivity contribution is -0.731. The van der Waals surface area contributed by atoms with E-state index >= 15 is 0 Å². The van der Waals surface area contributed by atoms with Crippen molar-refractivity contribution in [2.75, 3.05) is 6.61 Å². The molecule has 0 saturated heterocycles. The van der Waals surface area contributed by atoms with Gasteiger partial charge in [0.05, 0.1) is 17.2 Å². The Morgan fingerprint density at radius 3 is 2.52 bits per heavy atom. The Morgan fingerprint density at radius 1 is 1.03 bits per heavy atom. The molecule has 0 spiro atoms. The number of ether oxygens (including phenoxy) is 1. The van der Waals surface area contributed by atoms with Gasteiger partial charge in [0.2, 0.25) is 0 Å². The molecular formula is C25H25Cl2N2O2+. The van der Waals surface area contributed by atoms with Gasteiger partial charge in [-0.25, -0.2) is 0 Å². The second-order valence-electron chi connectivity index (χ2n) is 7.58. The van der Waals surface area contributed by atoms with Gasteiger partial charge in [-0.1, -0.05) is 59.1 Å². The van der Waals surface area contributed by atoms with Gasteiger partial charge in [-0.05, 0) is 49.7 Å². The number of quaternary nitrogens is 1. The van der Waals surface area contributed by atoms with Crippen molar-refractivity contribution in [1.29, 1.82) is 0 Å². The zero-order valence-electron chi connectivity index (χ0n) is 17.4. The van der Waals surface area contributed by atoms with Gasteiger partial charge in [-0.2, -0.15) is 0 Å². The number of benzene rings is 3. The lowest BCUT2D eigenvalue weighted by Crippen LogP contribution is -2.89. The first kappa shape index (κ1) is 21.6. The molecule has 6 heteroatoms. The number of phenols is 1. The fourth-order valence-corrected chi connectivity index (χ4v) is 4.35. The first-order valence-corrected chi connectivity index (χ1v) is 11.0. The average molecular weight is 456 g/mol. The summed E-state index contributed by atoms with van der Waals surface area (Å²) >= 11 is 12.6. The molecule has 4 N–H and O–H groups in total. The number of nitrogens with one attached hydrogen (secondary N) is 1. The van der Waals surface area contributed by atoms with Crippen molar-refractivity contribution in [2.45, 2.75) is 26.1 Å². The molecule has 0 amide bonds. The Balaban J connectivity index is 1.78. The number of hydrogen-bond acceptors (Lipinski definition) is 3. The van der Waals surface area contributed by atoms with Crippen molar-refractivity contribution < 1.29 is 15.2 Å². The van der Waals surface area contributed by atoms with Crippen molar-refractivity contribution >= 4 is 28.9 Å². The van der Waals surface area contributed by atoms with Crippen LogP contribution in [-0.2, 0) is 0 Å². The molecule has 1 aliphatic rings. The number of para-hydroxylation sites is 1. The Labute approximate surface area is 192 Å². The van der Waals surface area contributed by atoms with Crippen LogP contribution in [0.15, 0.2) is 66.7 Å². The van der Waals surface area contributed by atoms with Gasteiger partial charge in [0.15, 0.2) is 17.7 Å². The monoisotopic (exact) mass is 455 g/mol. The third-order valence-corrected chi connectivity index (χ3v) is 5.97. The Hall–Kier alpha value is -2.66. The van der Waals surface area contributed by atoms with Crippen molar-refractivity contribution in [3.05, 3.63) is 99.0 Å². The molecule has 0 aromatic heterocycles. The largest absolute Gasteiger partial charge is 0.504 e. The highest BCUT2D eigenvalue weighted by atomic mass is 35.5. The highest BCUT2D eigenvalue weighted by molar-refractivity contribution is 6.35. The minimum atomic E-state index is -0.161. The topological polar surface area (TPSA) is 58.1 Å². The minimum absolute atomic E-state index is 0.144. The van der Waals surface area contributed by atoms with Crippen molar-refractivity contribution in [3.8, 4) is 11.5 Å². The SMILES string of the molecule is CCOc1cccc(C2C=C(c3ccc(C)cc3)NC(c3ccc(Cl)cc3Cl)[NH2+]2)c1O. The number of hydrogen-bond donors (Lipinski definition) is 3. The number of nitrogens with two attached hydrogens (primary N) is 1. The highest BCUT2D eigenvalue weighted by Gasteiger charge is 2.31. The molecule has 0 radical (unpaired) electrons. The third kappa shape index (κ3) is 4.67. The first-order chi connectivity index (χ1) is 15.0. The van der Waals surface area contributed by atoms with Crippen LogP contribution in [0.1, 0.15) is 41.4 Å². The predicted molar refractivity (Wildman–Crippen MR) is 125 cm³/mol. The number of aryl methyl sites for hydroxylation is 1. The van der Waals surface area contributed by atoms with Gasteiger partial charge in [-0.3, -0.25) is 0 Å². The molecule has 0 fully saturated rings. The van der Waals surface area contributed by atoms with Crippen LogP contribution < -0.4 is 15.4 Å². The molecule has 1 aliphatic heterocycles. The summed E-state index contributed by atoms with van der Waals surface area (Å²) in [7, 11) is 0. The number of halogens is 2. The maximum atomic E-state index is 10.9. The Morgan fingerprint density at radius 2 is 1.81 bits per heavy atom. The number of rotatable bonds is 5. The summed E-state index contributed by atoms with van der Waals surface area (Å²) in [6, 6.07) is 19.3. The van der Waals surface area contributed by atoms with E-state index in [1.54, 1.807) is 12.1 Å². The second kappa shape index (κ2) is 9.23. The lowest BCUT2D eigenvalue weighted by Gasteiger charge is -2.30. The van der Waals surface area contributed by atoms with E-state index in [0.29, 0.717) is 22.4 Å². The van der Waals surface area contributed by atoms with Crippen LogP contribution >= 0.6 is 23.2 Å². The minimum Gasteiger partial charge on any atom is -0.504 e. The summed E-state index contributed by atoms with van der Waals surface area (Å²) in [5.74, 6) is 0.645. The van der Waals surface area contributed by atoms with Crippen LogP contribution in [0.25, 0.3) is 5.70 Å². The fourth-order valence-electron chi connectivity index (χ4n) is 3.83. The average Bonchev–Trinajstić information content (AvgIpc) is 2.75. The summed E-state index contributed by atoms with van der Waals surface area (Å²) < 4.78 is 5.60. The summed E-state index contributed by atoms with van der Waals surface area (Å²) in [5.41, 5.74) is 4.95. The third-order valence-electron chi connectivity index (χ3n) is 5.41. The van der Waals surface area contributed by atoms with E-state index in [1.807, 2.05) is 31.2 Å². The molecule has 160 valence electrons. The number of aromatic hydroxyl groups is 1. The zero-order valence-corrected chi connectivity index (χ0v) is 18.9. The van der Waals surface area contributed by atoms with Crippen LogP contribution in [0.4, 0.5) is 0 Å². The predicted octanol–water partition coefficient (Wildman–Crippen LogP) is 5.35. The molecule has 2 atom stereocenters. The van der Waals surface area contributed by atoms with E-state index < -0.39 is 0 Å². The molecule has 0 bridgehead atoms. The molecule has 0 aliphatic carbocycles. The normalized spacial score (nSPS) is 18.3. The van der Waals surface area contributed by atoms with Crippen LogP contribution in [0.2, 0.25) is 10.0 Å². The molecular weight excluding hydrogens is 431 g/mol.